The Morgan fingerprint density at radius 1 is 0.938 bits per heavy atom. The fourth-order valence-electron chi connectivity index (χ4n) is 5.45. The zero-order valence-corrected chi connectivity index (χ0v) is 10.5. The first-order chi connectivity index (χ1) is 7.84. The molecule has 0 amide bonds. The molecule has 0 aliphatic heterocycles. The smallest absolute Gasteiger partial charge is 0.0138 e. The van der Waals surface area contributed by atoms with Gasteiger partial charge in [-0.15, -0.1) is 0 Å². The van der Waals surface area contributed by atoms with Gasteiger partial charge in [-0.05, 0) is 68.6 Å². The van der Waals surface area contributed by atoms with Crippen LogP contribution in [0.4, 0.5) is 0 Å². The van der Waals surface area contributed by atoms with Crippen molar-refractivity contribution >= 4 is 0 Å². The third-order valence-electron chi connectivity index (χ3n) is 6.30. The number of fused-ring (bicyclic) bond motifs is 5. The molecule has 0 spiro atoms. The second kappa shape index (κ2) is 3.48. The predicted molar refractivity (Wildman–Crippen MR) is 66.2 cm³/mol. The van der Waals surface area contributed by atoms with Crippen LogP contribution in [0.2, 0.25) is 0 Å². The van der Waals surface area contributed by atoms with Crippen LogP contribution in [0.3, 0.4) is 0 Å². The largest absolute Gasteiger partial charge is 0.311 e. The Morgan fingerprint density at radius 2 is 1.56 bits per heavy atom. The average molecular weight is 219 g/mol. The van der Waals surface area contributed by atoms with Gasteiger partial charge in [0.05, 0.1) is 0 Å². The van der Waals surface area contributed by atoms with E-state index in [4.69, 9.17) is 0 Å². The van der Waals surface area contributed by atoms with Crippen LogP contribution < -0.4 is 5.32 Å². The minimum absolute atomic E-state index is 0.803. The van der Waals surface area contributed by atoms with E-state index in [2.05, 4.69) is 12.2 Å². The molecule has 4 aliphatic carbocycles. The van der Waals surface area contributed by atoms with E-state index < -0.39 is 0 Å². The van der Waals surface area contributed by atoms with Gasteiger partial charge in [0, 0.05) is 12.1 Å². The molecule has 0 aromatic carbocycles. The highest BCUT2D eigenvalue weighted by Gasteiger charge is 2.64. The van der Waals surface area contributed by atoms with E-state index in [0.717, 1.165) is 41.7 Å². The van der Waals surface area contributed by atoms with Crippen LogP contribution in [-0.2, 0) is 0 Å². The maximum atomic E-state index is 4.00. The van der Waals surface area contributed by atoms with Crippen LogP contribution in [-0.4, -0.2) is 12.1 Å². The van der Waals surface area contributed by atoms with E-state index in [0.29, 0.717) is 0 Å². The molecule has 0 saturated heterocycles. The summed E-state index contributed by atoms with van der Waals surface area (Å²) < 4.78 is 0. The monoisotopic (exact) mass is 219 g/mol. The minimum atomic E-state index is 0.803. The molecule has 90 valence electrons. The lowest BCUT2D eigenvalue weighted by Crippen LogP contribution is -2.36. The van der Waals surface area contributed by atoms with Gasteiger partial charge < -0.3 is 5.32 Å². The zero-order chi connectivity index (χ0) is 10.7. The summed E-state index contributed by atoms with van der Waals surface area (Å²) in [5.74, 6) is 5.48. The Labute approximate surface area is 99.4 Å². The average Bonchev–Trinajstić information content (AvgIpc) is 2.81. The van der Waals surface area contributed by atoms with Gasteiger partial charge in [-0.1, -0.05) is 12.8 Å². The molecule has 2 bridgehead atoms. The fourth-order valence-corrected chi connectivity index (χ4v) is 5.45. The molecule has 4 rings (SSSR count). The Hall–Kier alpha value is -0.0400. The van der Waals surface area contributed by atoms with E-state index in [1.165, 1.54) is 25.7 Å². The second-order valence-electron chi connectivity index (χ2n) is 7.01. The van der Waals surface area contributed by atoms with Crippen LogP contribution in [0.1, 0.15) is 51.9 Å². The van der Waals surface area contributed by atoms with E-state index in [9.17, 15) is 0 Å². The zero-order valence-electron chi connectivity index (χ0n) is 10.5. The SMILES string of the molecule is CC(NC1C2C3CCC(C3)C12)C1CCCC1. The number of rotatable bonds is 3. The van der Waals surface area contributed by atoms with Crippen molar-refractivity contribution in [3.8, 4) is 0 Å². The van der Waals surface area contributed by atoms with Crippen LogP contribution >= 0.6 is 0 Å². The van der Waals surface area contributed by atoms with Crippen LogP contribution in [0.15, 0.2) is 0 Å². The summed E-state index contributed by atoms with van der Waals surface area (Å²) in [7, 11) is 0. The van der Waals surface area contributed by atoms with E-state index in [1.807, 2.05) is 0 Å². The first kappa shape index (κ1) is 9.94. The van der Waals surface area contributed by atoms with E-state index in [1.54, 1.807) is 19.3 Å². The van der Waals surface area contributed by atoms with Gasteiger partial charge in [-0.2, -0.15) is 0 Å². The Balaban J connectivity index is 1.36. The summed E-state index contributed by atoms with van der Waals surface area (Å²) >= 11 is 0. The molecule has 1 heteroatoms. The molecule has 0 radical (unpaired) electrons. The lowest BCUT2D eigenvalue weighted by molar-refractivity contribution is 0.346. The summed E-state index contributed by atoms with van der Waals surface area (Å²) in [4.78, 5) is 0. The van der Waals surface area contributed by atoms with Crippen molar-refractivity contribution in [1.29, 1.82) is 0 Å². The standard InChI is InChI=1S/C15H25N/c1-9(10-4-2-3-5-10)16-15-13-11-6-7-12(8-11)14(13)15/h9-16H,2-8H2,1H3. The summed E-state index contributed by atoms with van der Waals surface area (Å²) in [5.41, 5.74) is 0. The number of hydrogen-bond acceptors (Lipinski definition) is 1. The summed E-state index contributed by atoms with van der Waals surface area (Å²) in [6.45, 7) is 2.45. The van der Waals surface area contributed by atoms with Crippen molar-refractivity contribution < 1.29 is 0 Å². The predicted octanol–water partition coefficient (Wildman–Crippen LogP) is 3.20. The molecule has 4 saturated carbocycles. The highest BCUT2D eigenvalue weighted by Crippen LogP contribution is 2.65. The maximum absolute atomic E-state index is 4.00. The topological polar surface area (TPSA) is 12.0 Å². The highest BCUT2D eigenvalue weighted by molar-refractivity contribution is 5.17. The molecule has 5 unspecified atom stereocenters. The first-order valence-corrected chi connectivity index (χ1v) is 7.60. The molecule has 1 nitrogen and oxygen atoms in total. The minimum Gasteiger partial charge on any atom is -0.311 e. The normalized spacial score (nSPS) is 51.9. The van der Waals surface area contributed by atoms with Gasteiger partial charge in [-0.3, -0.25) is 0 Å². The van der Waals surface area contributed by atoms with Crippen molar-refractivity contribution in [3.63, 3.8) is 0 Å². The van der Waals surface area contributed by atoms with Gasteiger partial charge in [0.2, 0.25) is 0 Å². The Kier molecular flexibility index (Phi) is 2.16. The molecular formula is C15H25N. The third-order valence-corrected chi connectivity index (χ3v) is 6.30. The van der Waals surface area contributed by atoms with Crippen molar-refractivity contribution in [3.05, 3.63) is 0 Å². The number of nitrogens with one attached hydrogen (secondary N) is 1. The van der Waals surface area contributed by atoms with Gasteiger partial charge in [-0.25, -0.2) is 0 Å². The highest BCUT2D eigenvalue weighted by atomic mass is 15.0. The summed E-state index contributed by atoms with van der Waals surface area (Å²) in [6, 6.07) is 1.75. The Morgan fingerprint density at radius 3 is 2.19 bits per heavy atom. The van der Waals surface area contributed by atoms with Crippen LogP contribution in [0, 0.1) is 29.6 Å². The number of hydrogen-bond donors (Lipinski definition) is 1. The first-order valence-electron chi connectivity index (χ1n) is 7.60. The fraction of sp³-hybridized carbons (Fsp3) is 1.00. The third kappa shape index (κ3) is 1.33. The van der Waals surface area contributed by atoms with Crippen molar-refractivity contribution in [2.24, 2.45) is 29.6 Å². The van der Waals surface area contributed by atoms with Crippen LogP contribution in [0.5, 0.6) is 0 Å². The van der Waals surface area contributed by atoms with Crippen molar-refractivity contribution in [2.75, 3.05) is 0 Å². The molecule has 0 heterocycles. The van der Waals surface area contributed by atoms with E-state index >= 15 is 0 Å². The molecular weight excluding hydrogens is 194 g/mol. The lowest BCUT2D eigenvalue weighted by Gasteiger charge is -2.22. The molecule has 5 atom stereocenters. The molecule has 1 N–H and O–H groups in total. The lowest BCUT2D eigenvalue weighted by atomic mass is 9.98. The van der Waals surface area contributed by atoms with E-state index in [-0.39, 0.29) is 0 Å². The molecule has 4 fully saturated rings. The summed E-state index contributed by atoms with van der Waals surface area (Å²) in [6.07, 6.45) is 10.7. The van der Waals surface area contributed by atoms with Gasteiger partial charge >= 0.3 is 0 Å². The second-order valence-corrected chi connectivity index (χ2v) is 7.01. The Bertz CT molecular complexity index is 265. The molecule has 16 heavy (non-hydrogen) atoms. The van der Waals surface area contributed by atoms with Crippen molar-refractivity contribution in [1.82, 2.24) is 5.32 Å². The van der Waals surface area contributed by atoms with Crippen molar-refractivity contribution in [2.45, 2.75) is 64.0 Å². The molecule has 4 aliphatic rings. The van der Waals surface area contributed by atoms with Gasteiger partial charge in [0.15, 0.2) is 0 Å². The molecule has 0 aromatic rings. The van der Waals surface area contributed by atoms with Gasteiger partial charge in [0.1, 0.15) is 0 Å². The van der Waals surface area contributed by atoms with Gasteiger partial charge in [0.25, 0.3) is 0 Å². The molecule has 0 aromatic heterocycles. The van der Waals surface area contributed by atoms with Crippen LogP contribution in [0.25, 0.3) is 0 Å². The summed E-state index contributed by atoms with van der Waals surface area (Å²) in [5, 5.41) is 4.00. The quantitative estimate of drug-likeness (QED) is 0.768. The maximum Gasteiger partial charge on any atom is 0.0138 e.